The molecule has 0 aliphatic rings. The van der Waals surface area contributed by atoms with Gasteiger partial charge in [0.15, 0.2) is 0 Å². The topological polar surface area (TPSA) is 20.3 Å². The summed E-state index contributed by atoms with van der Waals surface area (Å²) in [5.41, 5.74) is 0. The van der Waals surface area contributed by atoms with Crippen LogP contribution in [0.5, 0.6) is 0 Å². The number of likely N-dealkylation sites (N-methyl/N-ethyl adjacent to an activating group) is 1. The van der Waals surface area contributed by atoms with E-state index >= 15 is 0 Å². The third-order valence-electron chi connectivity index (χ3n) is 1.12. The van der Waals surface area contributed by atoms with Crippen LogP contribution in [0.1, 0.15) is 6.42 Å². The van der Waals surface area contributed by atoms with Crippen molar-refractivity contribution >= 4 is 6.29 Å². The maximum atomic E-state index is 10.1. The molecule has 2 nitrogen and oxygen atoms in total. The summed E-state index contributed by atoms with van der Waals surface area (Å²) in [5.74, 6) is 0. The summed E-state index contributed by atoms with van der Waals surface area (Å²) >= 11 is 0. The first-order valence-corrected chi connectivity index (χ1v) is 2.63. The molecule has 1 unspecified atom stereocenters. The number of carbonyl (C=O) groups is 1. The highest BCUT2D eigenvalue weighted by Crippen LogP contribution is 1.91. The molecule has 8 heavy (non-hydrogen) atoms. The number of carbonyl (C=O) groups excluding carboxylic acids is 1. The molecule has 0 amide bonds. The number of nitrogens with zero attached hydrogens (tertiary/aromatic N) is 1. The molecule has 0 rings (SSSR count). The van der Waals surface area contributed by atoms with Crippen molar-refractivity contribution in [3.05, 3.63) is 6.92 Å². The number of hydrogen-bond donors (Lipinski definition) is 0. The van der Waals surface area contributed by atoms with Gasteiger partial charge >= 0.3 is 0 Å². The van der Waals surface area contributed by atoms with Gasteiger partial charge in [-0.25, -0.2) is 0 Å². The van der Waals surface area contributed by atoms with E-state index < -0.39 is 0 Å². The van der Waals surface area contributed by atoms with Crippen molar-refractivity contribution in [3.8, 4) is 0 Å². The van der Waals surface area contributed by atoms with Crippen LogP contribution in [-0.4, -0.2) is 31.3 Å². The normalized spacial score (nSPS) is 14.0. The molecular weight excluding hydrogens is 102 g/mol. The van der Waals surface area contributed by atoms with Gasteiger partial charge in [-0.15, -0.1) is 0 Å². The van der Waals surface area contributed by atoms with E-state index in [-0.39, 0.29) is 6.04 Å². The van der Waals surface area contributed by atoms with Crippen molar-refractivity contribution in [2.24, 2.45) is 0 Å². The van der Waals surface area contributed by atoms with Crippen LogP contribution in [-0.2, 0) is 4.79 Å². The van der Waals surface area contributed by atoms with E-state index in [1.807, 2.05) is 19.0 Å². The summed E-state index contributed by atoms with van der Waals surface area (Å²) in [5, 5.41) is 0. The Hall–Kier alpha value is -0.370. The van der Waals surface area contributed by atoms with Crippen LogP contribution in [0.15, 0.2) is 0 Å². The fraction of sp³-hybridized carbons (Fsp3) is 0.667. The molecule has 0 bridgehead atoms. The summed E-state index contributed by atoms with van der Waals surface area (Å²) in [6, 6.07) is -0.00463. The molecule has 0 aromatic rings. The lowest BCUT2D eigenvalue weighted by atomic mass is 10.2. The molecule has 0 aliphatic carbocycles. The van der Waals surface area contributed by atoms with E-state index in [0.717, 1.165) is 6.29 Å². The molecule has 1 radical (unpaired) electrons. The van der Waals surface area contributed by atoms with Gasteiger partial charge in [-0.1, -0.05) is 6.92 Å². The van der Waals surface area contributed by atoms with Gasteiger partial charge < -0.3 is 9.69 Å². The molecule has 0 heterocycles. The van der Waals surface area contributed by atoms with Crippen LogP contribution in [0.4, 0.5) is 0 Å². The molecule has 0 N–H and O–H groups in total. The van der Waals surface area contributed by atoms with Crippen molar-refractivity contribution in [1.29, 1.82) is 0 Å². The van der Waals surface area contributed by atoms with Crippen LogP contribution in [0.3, 0.4) is 0 Å². The second-order valence-corrected chi connectivity index (χ2v) is 1.96. The average molecular weight is 114 g/mol. The minimum Gasteiger partial charge on any atom is -0.302 e. The summed E-state index contributed by atoms with van der Waals surface area (Å²) in [7, 11) is 3.73. The van der Waals surface area contributed by atoms with Gasteiger partial charge in [-0.2, -0.15) is 0 Å². The van der Waals surface area contributed by atoms with E-state index in [0.29, 0.717) is 6.42 Å². The Morgan fingerprint density at radius 3 is 2.25 bits per heavy atom. The lowest BCUT2D eigenvalue weighted by molar-refractivity contribution is -0.111. The van der Waals surface area contributed by atoms with Crippen molar-refractivity contribution in [2.75, 3.05) is 14.1 Å². The summed E-state index contributed by atoms with van der Waals surface area (Å²) in [6.07, 6.45) is 1.56. The SMILES string of the molecule is [CH2]CC(C=O)N(C)C. The number of hydrogen-bond acceptors (Lipinski definition) is 2. The van der Waals surface area contributed by atoms with Crippen molar-refractivity contribution in [2.45, 2.75) is 12.5 Å². The predicted molar refractivity (Wildman–Crippen MR) is 33.5 cm³/mol. The minimum atomic E-state index is -0.00463. The van der Waals surface area contributed by atoms with Crippen LogP contribution in [0.2, 0.25) is 0 Å². The van der Waals surface area contributed by atoms with Gasteiger partial charge in [0.05, 0.1) is 6.04 Å². The van der Waals surface area contributed by atoms with Gasteiger partial charge in [0.25, 0.3) is 0 Å². The Labute approximate surface area is 50.5 Å². The largest absolute Gasteiger partial charge is 0.302 e. The Bertz CT molecular complexity index is 70.9. The van der Waals surface area contributed by atoms with Gasteiger partial charge in [-0.3, -0.25) is 0 Å². The Kier molecular flexibility index (Phi) is 3.44. The molecule has 0 aromatic heterocycles. The quantitative estimate of drug-likeness (QED) is 0.493. The standard InChI is InChI=1S/C6H12NO/c1-4-6(5-8)7(2)3/h5-6H,1,4H2,2-3H3. The Morgan fingerprint density at radius 2 is 2.25 bits per heavy atom. The zero-order valence-electron chi connectivity index (χ0n) is 5.42. The molecule has 0 aliphatic heterocycles. The van der Waals surface area contributed by atoms with Crippen LogP contribution in [0, 0.1) is 6.92 Å². The number of aldehydes is 1. The molecular formula is C6H12NO. The maximum absolute atomic E-state index is 10.1. The van der Waals surface area contributed by atoms with Gasteiger partial charge in [0, 0.05) is 0 Å². The summed E-state index contributed by atoms with van der Waals surface area (Å²) in [6.45, 7) is 3.61. The zero-order valence-corrected chi connectivity index (χ0v) is 5.42. The van der Waals surface area contributed by atoms with Gasteiger partial charge in [0.2, 0.25) is 0 Å². The molecule has 0 saturated carbocycles. The van der Waals surface area contributed by atoms with Crippen molar-refractivity contribution in [3.63, 3.8) is 0 Å². The van der Waals surface area contributed by atoms with E-state index in [4.69, 9.17) is 0 Å². The Balaban J connectivity index is 3.51. The van der Waals surface area contributed by atoms with Crippen LogP contribution >= 0.6 is 0 Å². The fourth-order valence-electron chi connectivity index (χ4n) is 0.448. The lowest BCUT2D eigenvalue weighted by Gasteiger charge is -2.14. The molecule has 2 heteroatoms. The molecule has 0 fully saturated rings. The summed E-state index contributed by atoms with van der Waals surface area (Å²) in [4.78, 5) is 11.9. The third-order valence-corrected chi connectivity index (χ3v) is 1.12. The zero-order chi connectivity index (χ0) is 6.57. The highest BCUT2D eigenvalue weighted by Gasteiger charge is 2.03. The lowest BCUT2D eigenvalue weighted by Crippen LogP contribution is -2.28. The maximum Gasteiger partial charge on any atom is 0.137 e. The Morgan fingerprint density at radius 1 is 1.75 bits per heavy atom. The molecule has 47 valence electrons. The number of rotatable bonds is 3. The average Bonchev–Trinajstić information content (AvgIpc) is 1.69. The first kappa shape index (κ1) is 7.63. The summed E-state index contributed by atoms with van der Waals surface area (Å²) < 4.78 is 0. The first-order chi connectivity index (χ1) is 3.72. The minimum absolute atomic E-state index is 0.00463. The third kappa shape index (κ3) is 2.07. The fourth-order valence-corrected chi connectivity index (χ4v) is 0.448. The first-order valence-electron chi connectivity index (χ1n) is 2.63. The highest BCUT2D eigenvalue weighted by atomic mass is 16.1. The van der Waals surface area contributed by atoms with Crippen LogP contribution in [0.25, 0.3) is 0 Å². The smallest absolute Gasteiger partial charge is 0.137 e. The van der Waals surface area contributed by atoms with Crippen LogP contribution < -0.4 is 0 Å². The monoisotopic (exact) mass is 114 g/mol. The van der Waals surface area contributed by atoms with E-state index in [2.05, 4.69) is 6.92 Å². The molecule has 1 atom stereocenters. The van der Waals surface area contributed by atoms with Gasteiger partial charge in [-0.05, 0) is 20.5 Å². The predicted octanol–water partition coefficient (Wildman–Crippen LogP) is 0.340. The van der Waals surface area contributed by atoms with Crippen molar-refractivity contribution < 1.29 is 4.79 Å². The second kappa shape index (κ2) is 3.61. The van der Waals surface area contributed by atoms with Crippen molar-refractivity contribution in [1.82, 2.24) is 4.90 Å². The highest BCUT2D eigenvalue weighted by molar-refractivity contribution is 5.57. The second-order valence-electron chi connectivity index (χ2n) is 1.96. The van der Waals surface area contributed by atoms with E-state index in [9.17, 15) is 4.79 Å². The van der Waals surface area contributed by atoms with E-state index in [1.54, 1.807) is 0 Å². The molecule has 0 spiro atoms. The molecule has 0 aromatic carbocycles. The van der Waals surface area contributed by atoms with Gasteiger partial charge in [0.1, 0.15) is 6.29 Å². The molecule has 0 saturated heterocycles. The van der Waals surface area contributed by atoms with E-state index in [1.165, 1.54) is 0 Å².